The zero-order chi connectivity index (χ0) is 14.8. The molecule has 0 fully saturated rings. The topological polar surface area (TPSA) is 61.6 Å². The minimum absolute atomic E-state index is 0.230. The fourth-order valence-electron chi connectivity index (χ4n) is 2.05. The summed E-state index contributed by atoms with van der Waals surface area (Å²) >= 11 is 7.56. The van der Waals surface area contributed by atoms with Crippen LogP contribution in [0.1, 0.15) is 10.4 Å². The molecule has 0 bridgehead atoms. The number of thiophene rings is 1. The number of aromatic nitrogens is 2. The van der Waals surface area contributed by atoms with Gasteiger partial charge in [0.15, 0.2) is 0 Å². The third kappa shape index (κ3) is 2.97. The van der Waals surface area contributed by atoms with Crippen molar-refractivity contribution >= 4 is 44.7 Å². The Bertz CT molecular complexity index is 833. The smallest absolute Gasteiger partial charge is 0.225 e. The molecule has 0 atom stereocenters. The maximum Gasteiger partial charge on any atom is 0.225 e. The molecule has 0 saturated carbocycles. The van der Waals surface area contributed by atoms with E-state index in [2.05, 4.69) is 21.4 Å². The van der Waals surface area contributed by atoms with Gasteiger partial charge in [-0.2, -0.15) is 10.2 Å². The molecule has 0 unspecified atom stereocenters. The van der Waals surface area contributed by atoms with Crippen LogP contribution < -0.4 is 5.32 Å². The van der Waals surface area contributed by atoms with Gasteiger partial charge >= 0.3 is 0 Å². The molecular formula is C15H11ClN4S. The minimum Gasteiger partial charge on any atom is -0.340 e. The fourth-order valence-corrected chi connectivity index (χ4v) is 3.14. The summed E-state index contributed by atoms with van der Waals surface area (Å²) in [5.74, 6) is 0.697. The van der Waals surface area contributed by atoms with E-state index in [-0.39, 0.29) is 5.28 Å². The summed E-state index contributed by atoms with van der Waals surface area (Å²) in [6.45, 7) is 2.03. The van der Waals surface area contributed by atoms with Gasteiger partial charge in [0, 0.05) is 10.6 Å². The van der Waals surface area contributed by atoms with Gasteiger partial charge in [-0.05, 0) is 42.3 Å². The Morgan fingerprint density at radius 3 is 2.76 bits per heavy atom. The molecule has 0 aliphatic carbocycles. The monoisotopic (exact) mass is 314 g/mol. The first-order valence-electron chi connectivity index (χ1n) is 6.32. The standard InChI is InChI=1S/C15H11ClN4S/c1-9-8-12-13(19-15(16)20-14(12)21-9)18-11-4-2-10(3-5-11)6-7-17/h2-5,8H,6H2,1H3,(H,18,19,20). The predicted molar refractivity (Wildman–Crippen MR) is 86.2 cm³/mol. The van der Waals surface area contributed by atoms with Gasteiger partial charge in [-0.3, -0.25) is 0 Å². The Kier molecular flexibility index (Phi) is 3.74. The second-order valence-corrected chi connectivity index (χ2v) is 6.15. The van der Waals surface area contributed by atoms with E-state index < -0.39 is 0 Å². The molecule has 0 amide bonds. The van der Waals surface area contributed by atoms with Gasteiger partial charge in [-0.15, -0.1) is 11.3 Å². The van der Waals surface area contributed by atoms with E-state index in [4.69, 9.17) is 16.9 Å². The Hall–Kier alpha value is -2.16. The highest BCUT2D eigenvalue weighted by Gasteiger charge is 2.10. The average Bonchev–Trinajstić information content (AvgIpc) is 2.81. The van der Waals surface area contributed by atoms with Crippen LogP contribution >= 0.6 is 22.9 Å². The van der Waals surface area contributed by atoms with Crippen LogP contribution in [0.4, 0.5) is 11.5 Å². The number of hydrogen-bond acceptors (Lipinski definition) is 5. The van der Waals surface area contributed by atoms with E-state index in [9.17, 15) is 0 Å². The van der Waals surface area contributed by atoms with Gasteiger partial charge in [0.2, 0.25) is 5.28 Å². The highest BCUT2D eigenvalue weighted by molar-refractivity contribution is 7.18. The lowest BCUT2D eigenvalue weighted by Crippen LogP contribution is -1.96. The second-order valence-electron chi connectivity index (χ2n) is 4.57. The van der Waals surface area contributed by atoms with Crippen LogP contribution in [0.3, 0.4) is 0 Å². The van der Waals surface area contributed by atoms with Crippen LogP contribution in [-0.4, -0.2) is 9.97 Å². The molecule has 104 valence electrons. The van der Waals surface area contributed by atoms with Crippen molar-refractivity contribution < 1.29 is 0 Å². The van der Waals surface area contributed by atoms with Gasteiger partial charge in [-0.25, -0.2) is 4.98 Å². The van der Waals surface area contributed by atoms with E-state index >= 15 is 0 Å². The highest BCUT2D eigenvalue weighted by Crippen LogP contribution is 2.31. The quantitative estimate of drug-likeness (QED) is 0.725. The van der Waals surface area contributed by atoms with Crippen molar-refractivity contribution in [2.24, 2.45) is 0 Å². The van der Waals surface area contributed by atoms with Crippen LogP contribution in [0.5, 0.6) is 0 Å². The van der Waals surface area contributed by atoms with Crippen molar-refractivity contribution in [3.63, 3.8) is 0 Å². The number of benzene rings is 1. The molecule has 0 aliphatic rings. The van der Waals surface area contributed by atoms with E-state index in [0.717, 1.165) is 26.3 Å². The Balaban J connectivity index is 1.95. The molecule has 1 aromatic carbocycles. The largest absolute Gasteiger partial charge is 0.340 e. The maximum atomic E-state index is 8.68. The van der Waals surface area contributed by atoms with Gasteiger partial charge in [0.05, 0.1) is 17.9 Å². The third-order valence-electron chi connectivity index (χ3n) is 2.99. The molecule has 3 aromatic rings. The van der Waals surface area contributed by atoms with Crippen LogP contribution in [0.2, 0.25) is 5.28 Å². The Morgan fingerprint density at radius 1 is 1.29 bits per heavy atom. The normalized spacial score (nSPS) is 10.5. The molecule has 0 spiro atoms. The number of nitrogens with one attached hydrogen (secondary N) is 1. The van der Waals surface area contributed by atoms with Crippen LogP contribution in [0, 0.1) is 18.3 Å². The summed E-state index contributed by atoms with van der Waals surface area (Å²) in [4.78, 5) is 10.5. The summed E-state index contributed by atoms with van der Waals surface area (Å²) in [5, 5.41) is 13.1. The zero-order valence-electron chi connectivity index (χ0n) is 11.2. The van der Waals surface area contributed by atoms with E-state index in [1.165, 1.54) is 0 Å². The zero-order valence-corrected chi connectivity index (χ0v) is 12.8. The first-order valence-corrected chi connectivity index (χ1v) is 7.52. The number of anilines is 2. The van der Waals surface area contributed by atoms with Gasteiger partial charge in [0.1, 0.15) is 10.6 Å². The van der Waals surface area contributed by atoms with Crippen LogP contribution in [0.15, 0.2) is 30.3 Å². The molecule has 0 saturated heterocycles. The lowest BCUT2D eigenvalue weighted by atomic mass is 10.1. The van der Waals surface area contributed by atoms with E-state index in [0.29, 0.717) is 12.2 Å². The van der Waals surface area contributed by atoms with Crippen LogP contribution in [0.25, 0.3) is 10.2 Å². The first kappa shape index (κ1) is 13.8. The SMILES string of the molecule is Cc1cc2c(Nc3ccc(CC#N)cc3)nc(Cl)nc2s1. The predicted octanol–water partition coefficient (Wildman–Crippen LogP) is 4.46. The second kappa shape index (κ2) is 5.68. The summed E-state index contributed by atoms with van der Waals surface area (Å²) in [7, 11) is 0. The Labute approximate surface area is 131 Å². The van der Waals surface area contributed by atoms with Gasteiger partial charge in [0.25, 0.3) is 0 Å². The number of aryl methyl sites for hydroxylation is 1. The Morgan fingerprint density at radius 2 is 2.05 bits per heavy atom. The molecule has 3 rings (SSSR count). The lowest BCUT2D eigenvalue weighted by Gasteiger charge is -2.07. The van der Waals surface area contributed by atoms with E-state index in [1.807, 2.05) is 37.3 Å². The molecule has 1 N–H and O–H groups in total. The number of rotatable bonds is 3. The van der Waals surface area contributed by atoms with Crippen LogP contribution in [-0.2, 0) is 6.42 Å². The molecule has 21 heavy (non-hydrogen) atoms. The molecule has 2 heterocycles. The van der Waals surface area contributed by atoms with Gasteiger partial charge < -0.3 is 5.32 Å². The van der Waals surface area contributed by atoms with Crippen molar-refractivity contribution in [1.82, 2.24) is 9.97 Å². The summed E-state index contributed by atoms with van der Waals surface area (Å²) in [6.07, 6.45) is 0.410. The molecule has 6 heteroatoms. The number of halogens is 1. The summed E-state index contributed by atoms with van der Waals surface area (Å²) in [6, 6.07) is 11.9. The van der Waals surface area contributed by atoms with E-state index in [1.54, 1.807) is 11.3 Å². The third-order valence-corrected chi connectivity index (χ3v) is 4.10. The van der Waals surface area contributed by atoms with Crippen molar-refractivity contribution in [3.05, 3.63) is 46.1 Å². The first-order chi connectivity index (χ1) is 10.2. The van der Waals surface area contributed by atoms with Gasteiger partial charge in [-0.1, -0.05) is 12.1 Å². The maximum absolute atomic E-state index is 8.68. The van der Waals surface area contributed by atoms with Crippen molar-refractivity contribution in [2.45, 2.75) is 13.3 Å². The fraction of sp³-hybridized carbons (Fsp3) is 0.133. The summed E-state index contributed by atoms with van der Waals surface area (Å²) in [5.41, 5.74) is 1.89. The number of hydrogen-bond donors (Lipinski definition) is 1. The van der Waals surface area contributed by atoms with Crippen molar-refractivity contribution in [2.75, 3.05) is 5.32 Å². The molecule has 2 aromatic heterocycles. The lowest BCUT2D eigenvalue weighted by molar-refractivity contribution is 1.22. The minimum atomic E-state index is 0.230. The average molecular weight is 315 g/mol. The summed E-state index contributed by atoms with van der Waals surface area (Å²) < 4.78 is 0. The molecule has 0 aliphatic heterocycles. The van der Waals surface area contributed by atoms with Crippen molar-refractivity contribution in [1.29, 1.82) is 5.26 Å². The number of nitriles is 1. The highest BCUT2D eigenvalue weighted by atomic mass is 35.5. The molecule has 4 nitrogen and oxygen atoms in total. The number of nitrogens with zero attached hydrogens (tertiary/aromatic N) is 3. The number of fused-ring (bicyclic) bond motifs is 1. The molecular weight excluding hydrogens is 304 g/mol. The molecule has 0 radical (unpaired) electrons. The van der Waals surface area contributed by atoms with Crippen molar-refractivity contribution in [3.8, 4) is 6.07 Å².